The lowest BCUT2D eigenvalue weighted by Crippen LogP contribution is -2.50. The molecule has 1 aromatic rings. The third kappa shape index (κ3) is 4.35. The topological polar surface area (TPSA) is 6.48 Å². The zero-order chi connectivity index (χ0) is 16.2. The predicted molar refractivity (Wildman–Crippen MR) is 101 cm³/mol. The molecule has 1 saturated carbocycles. The van der Waals surface area contributed by atoms with Crippen LogP contribution in [0.1, 0.15) is 45.4 Å². The van der Waals surface area contributed by atoms with Crippen LogP contribution in [0.15, 0.2) is 18.2 Å². The van der Waals surface area contributed by atoms with Gasteiger partial charge in [0.2, 0.25) is 0 Å². The van der Waals surface area contributed by atoms with Crippen molar-refractivity contribution >= 4 is 28.9 Å². The molecule has 1 atom stereocenters. The first-order valence-electron chi connectivity index (χ1n) is 9.08. The van der Waals surface area contributed by atoms with Crippen LogP contribution in [0.4, 0.5) is 5.69 Å². The van der Waals surface area contributed by atoms with Crippen molar-refractivity contribution in [1.29, 1.82) is 0 Å². The summed E-state index contributed by atoms with van der Waals surface area (Å²) >= 11 is 12.5. The van der Waals surface area contributed by atoms with Crippen LogP contribution in [-0.4, -0.2) is 37.1 Å². The number of hydrogen-bond acceptors (Lipinski definition) is 2. The zero-order valence-electron chi connectivity index (χ0n) is 14.1. The summed E-state index contributed by atoms with van der Waals surface area (Å²) in [6.07, 6.45) is 8.60. The Morgan fingerprint density at radius 2 is 1.74 bits per heavy atom. The van der Waals surface area contributed by atoms with Gasteiger partial charge in [-0.2, -0.15) is 0 Å². The summed E-state index contributed by atoms with van der Waals surface area (Å²) in [5, 5.41) is 1.34. The molecule has 2 fully saturated rings. The van der Waals surface area contributed by atoms with Crippen molar-refractivity contribution in [3.8, 4) is 0 Å². The molecule has 2 aliphatic rings. The van der Waals surface area contributed by atoms with Crippen molar-refractivity contribution in [3.05, 3.63) is 28.2 Å². The van der Waals surface area contributed by atoms with E-state index in [4.69, 9.17) is 23.2 Å². The lowest BCUT2D eigenvalue weighted by Gasteiger charge is -2.40. The minimum Gasteiger partial charge on any atom is -0.368 e. The van der Waals surface area contributed by atoms with Gasteiger partial charge >= 0.3 is 0 Å². The maximum Gasteiger partial charge on any atom is 0.0825 e. The summed E-state index contributed by atoms with van der Waals surface area (Å²) in [6.45, 7) is 6.73. The molecular formula is C19H28Cl2N2. The van der Waals surface area contributed by atoms with Crippen LogP contribution < -0.4 is 4.90 Å². The molecule has 3 rings (SSSR count). The molecule has 1 unspecified atom stereocenters. The van der Waals surface area contributed by atoms with Gasteiger partial charge in [0.05, 0.1) is 15.7 Å². The highest BCUT2D eigenvalue weighted by Gasteiger charge is 2.25. The Kier molecular flexibility index (Phi) is 6.12. The molecule has 0 N–H and O–H groups in total. The van der Waals surface area contributed by atoms with Gasteiger partial charge in [-0.25, -0.2) is 0 Å². The molecular weight excluding hydrogens is 327 g/mol. The molecule has 1 aliphatic heterocycles. The number of benzene rings is 1. The monoisotopic (exact) mass is 354 g/mol. The van der Waals surface area contributed by atoms with Crippen LogP contribution in [-0.2, 0) is 0 Å². The van der Waals surface area contributed by atoms with Crippen LogP contribution in [0.5, 0.6) is 0 Å². The lowest BCUT2D eigenvalue weighted by atomic mass is 9.85. The van der Waals surface area contributed by atoms with Gasteiger partial charge in [-0.15, -0.1) is 0 Å². The fourth-order valence-electron chi connectivity index (χ4n) is 4.19. The number of hydrogen-bond donors (Lipinski definition) is 0. The maximum atomic E-state index is 6.37. The van der Waals surface area contributed by atoms with Gasteiger partial charge in [-0.05, 0) is 31.4 Å². The second-order valence-corrected chi connectivity index (χ2v) is 7.97. The number of halogens is 2. The Labute approximate surface area is 150 Å². The van der Waals surface area contributed by atoms with E-state index in [0.717, 1.165) is 37.8 Å². The van der Waals surface area contributed by atoms with E-state index in [9.17, 15) is 0 Å². The van der Waals surface area contributed by atoms with Gasteiger partial charge in [0.1, 0.15) is 0 Å². The van der Waals surface area contributed by atoms with Crippen LogP contribution in [0.2, 0.25) is 10.0 Å². The average Bonchev–Trinajstić information content (AvgIpc) is 2.58. The molecule has 1 aromatic carbocycles. The van der Waals surface area contributed by atoms with E-state index in [1.54, 1.807) is 0 Å². The van der Waals surface area contributed by atoms with Crippen LogP contribution in [0.25, 0.3) is 0 Å². The zero-order valence-corrected chi connectivity index (χ0v) is 15.6. The number of piperazine rings is 1. The SMILES string of the molecule is CC(CC1CCCCC1)N1CCN(c2cccc(Cl)c2Cl)CC1. The Morgan fingerprint density at radius 3 is 2.43 bits per heavy atom. The summed E-state index contributed by atoms with van der Waals surface area (Å²) in [5.74, 6) is 0.958. The summed E-state index contributed by atoms with van der Waals surface area (Å²) in [6, 6.07) is 6.63. The van der Waals surface area contributed by atoms with E-state index in [-0.39, 0.29) is 0 Å². The first-order valence-corrected chi connectivity index (χ1v) is 9.83. The maximum absolute atomic E-state index is 6.37. The molecule has 0 bridgehead atoms. The van der Waals surface area contributed by atoms with Gasteiger partial charge in [-0.3, -0.25) is 4.90 Å². The van der Waals surface area contributed by atoms with E-state index in [1.807, 2.05) is 12.1 Å². The Bertz CT molecular complexity index is 506. The Balaban J connectivity index is 1.52. The van der Waals surface area contributed by atoms with Crippen molar-refractivity contribution < 1.29 is 0 Å². The minimum absolute atomic E-state index is 0.650. The summed E-state index contributed by atoms with van der Waals surface area (Å²) in [7, 11) is 0. The van der Waals surface area contributed by atoms with E-state index >= 15 is 0 Å². The molecule has 1 heterocycles. The fourth-order valence-corrected chi connectivity index (χ4v) is 4.61. The van der Waals surface area contributed by atoms with Crippen LogP contribution in [0, 0.1) is 5.92 Å². The molecule has 23 heavy (non-hydrogen) atoms. The first kappa shape index (κ1) is 17.4. The fraction of sp³-hybridized carbons (Fsp3) is 0.684. The summed E-state index contributed by atoms with van der Waals surface area (Å²) in [4.78, 5) is 5.03. The van der Waals surface area contributed by atoms with Crippen molar-refractivity contribution in [1.82, 2.24) is 4.90 Å². The molecule has 0 radical (unpaired) electrons. The van der Waals surface area contributed by atoms with E-state index in [0.29, 0.717) is 16.1 Å². The quantitative estimate of drug-likeness (QED) is 0.706. The smallest absolute Gasteiger partial charge is 0.0825 e. The van der Waals surface area contributed by atoms with Crippen molar-refractivity contribution in [3.63, 3.8) is 0 Å². The minimum atomic E-state index is 0.650. The molecule has 2 nitrogen and oxygen atoms in total. The standard InChI is InChI=1S/C19H28Cl2N2/c1-15(14-16-6-3-2-4-7-16)22-10-12-23(13-11-22)18-9-5-8-17(20)19(18)21/h5,8-9,15-16H,2-4,6-7,10-14H2,1H3. The van der Waals surface area contributed by atoms with Gasteiger partial charge < -0.3 is 4.90 Å². The molecule has 1 saturated heterocycles. The largest absolute Gasteiger partial charge is 0.368 e. The molecule has 128 valence electrons. The second-order valence-electron chi connectivity index (χ2n) is 7.18. The third-order valence-corrected chi connectivity index (χ3v) is 6.42. The second kappa shape index (κ2) is 8.09. The van der Waals surface area contributed by atoms with Gasteiger partial charge in [0.25, 0.3) is 0 Å². The van der Waals surface area contributed by atoms with Gasteiger partial charge in [0.15, 0.2) is 0 Å². The average molecular weight is 355 g/mol. The highest BCUT2D eigenvalue weighted by molar-refractivity contribution is 6.43. The van der Waals surface area contributed by atoms with E-state index in [1.165, 1.54) is 38.5 Å². The normalized spacial score (nSPS) is 22.3. The summed E-state index contributed by atoms with van der Waals surface area (Å²) in [5.41, 5.74) is 1.08. The highest BCUT2D eigenvalue weighted by atomic mass is 35.5. The lowest BCUT2D eigenvalue weighted by molar-refractivity contribution is 0.159. The highest BCUT2D eigenvalue weighted by Crippen LogP contribution is 2.33. The Hall–Kier alpha value is -0.440. The summed E-state index contributed by atoms with van der Waals surface area (Å²) < 4.78 is 0. The van der Waals surface area contributed by atoms with Crippen LogP contribution >= 0.6 is 23.2 Å². The first-order chi connectivity index (χ1) is 11.1. The third-order valence-electron chi connectivity index (χ3n) is 5.61. The molecule has 0 aromatic heterocycles. The van der Waals surface area contributed by atoms with Gasteiger partial charge in [0, 0.05) is 32.2 Å². The molecule has 0 amide bonds. The van der Waals surface area contributed by atoms with E-state index < -0.39 is 0 Å². The van der Waals surface area contributed by atoms with E-state index in [2.05, 4.69) is 22.8 Å². The number of anilines is 1. The van der Waals surface area contributed by atoms with Crippen LogP contribution in [0.3, 0.4) is 0 Å². The van der Waals surface area contributed by atoms with Crippen molar-refractivity contribution in [2.24, 2.45) is 5.92 Å². The van der Waals surface area contributed by atoms with Gasteiger partial charge in [-0.1, -0.05) is 61.4 Å². The molecule has 0 spiro atoms. The Morgan fingerprint density at radius 1 is 1.04 bits per heavy atom. The van der Waals surface area contributed by atoms with Crippen molar-refractivity contribution in [2.45, 2.75) is 51.5 Å². The number of rotatable bonds is 4. The molecule has 1 aliphatic carbocycles. The van der Waals surface area contributed by atoms with Crippen molar-refractivity contribution in [2.75, 3.05) is 31.1 Å². The number of nitrogens with zero attached hydrogens (tertiary/aromatic N) is 2. The predicted octanol–water partition coefficient (Wildman–Crippen LogP) is 5.47. The molecule has 4 heteroatoms.